The smallest absolute Gasteiger partial charge is 0.298 e. The molecule has 1 saturated carbocycles. The lowest BCUT2D eigenvalue weighted by Gasteiger charge is -2.34. The molecule has 2 fully saturated rings. The van der Waals surface area contributed by atoms with Crippen molar-refractivity contribution in [2.24, 2.45) is 0 Å². The highest BCUT2D eigenvalue weighted by atomic mass is 19.1. The van der Waals surface area contributed by atoms with Crippen molar-refractivity contribution in [3.8, 4) is 0 Å². The minimum Gasteiger partial charge on any atom is -0.423 e. The predicted molar refractivity (Wildman–Crippen MR) is 105 cm³/mol. The molecule has 0 atom stereocenters. The Kier molecular flexibility index (Phi) is 4.45. The van der Waals surface area contributed by atoms with Gasteiger partial charge < -0.3 is 14.2 Å². The Morgan fingerprint density at radius 3 is 2.59 bits per heavy atom. The van der Waals surface area contributed by atoms with Gasteiger partial charge in [-0.1, -0.05) is 12.1 Å². The Balaban J connectivity index is 1.21. The molecule has 1 saturated heterocycles. The highest BCUT2D eigenvalue weighted by Gasteiger charge is 2.26. The van der Waals surface area contributed by atoms with Gasteiger partial charge >= 0.3 is 0 Å². The number of anilines is 1. The molecule has 7 heteroatoms. The first-order valence-electron chi connectivity index (χ1n) is 9.94. The van der Waals surface area contributed by atoms with Crippen LogP contribution in [0.15, 0.2) is 40.8 Å². The van der Waals surface area contributed by atoms with E-state index in [-0.39, 0.29) is 24.0 Å². The number of nitrogens with zero attached hydrogens (tertiary/aromatic N) is 3. The highest BCUT2D eigenvalue weighted by molar-refractivity contribution is 5.79. The molecule has 2 heterocycles. The summed E-state index contributed by atoms with van der Waals surface area (Å²) >= 11 is 0. The summed E-state index contributed by atoms with van der Waals surface area (Å²) in [5, 5.41) is 0. The molecule has 2 aromatic carbocycles. The number of hydrogen-bond donors (Lipinski definition) is 0. The fourth-order valence-electron chi connectivity index (χ4n) is 3.82. The van der Waals surface area contributed by atoms with E-state index in [9.17, 15) is 13.6 Å². The Bertz CT molecular complexity index is 1070. The number of piperazine rings is 1. The van der Waals surface area contributed by atoms with Gasteiger partial charge in [0.2, 0.25) is 5.91 Å². The normalized spacial score (nSPS) is 17.2. The number of rotatable bonds is 4. The fraction of sp³-hybridized carbons (Fsp3) is 0.364. The van der Waals surface area contributed by atoms with Crippen LogP contribution >= 0.6 is 0 Å². The number of benzene rings is 2. The maximum atomic E-state index is 14.4. The van der Waals surface area contributed by atoms with Crippen LogP contribution in [0.25, 0.3) is 11.1 Å². The van der Waals surface area contributed by atoms with Crippen molar-refractivity contribution in [1.82, 2.24) is 9.88 Å². The molecule has 0 radical (unpaired) electrons. The predicted octanol–water partition coefficient (Wildman–Crippen LogP) is 3.87. The fourth-order valence-corrected chi connectivity index (χ4v) is 3.82. The van der Waals surface area contributed by atoms with Crippen LogP contribution in [-0.2, 0) is 11.2 Å². The van der Waals surface area contributed by atoms with Gasteiger partial charge in [0.05, 0.1) is 6.42 Å². The van der Waals surface area contributed by atoms with E-state index in [2.05, 4.69) is 4.98 Å². The lowest BCUT2D eigenvalue weighted by molar-refractivity contribution is -0.130. The summed E-state index contributed by atoms with van der Waals surface area (Å²) in [5.41, 5.74) is 2.49. The van der Waals surface area contributed by atoms with E-state index in [1.54, 1.807) is 23.1 Å². The molecule has 0 spiro atoms. The average molecular weight is 397 g/mol. The third-order valence-corrected chi connectivity index (χ3v) is 5.71. The van der Waals surface area contributed by atoms with E-state index in [0.717, 1.165) is 18.4 Å². The monoisotopic (exact) mass is 397 g/mol. The Morgan fingerprint density at radius 1 is 1.07 bits per heavy atom. The topological polar surface area (TPSA) is 49.6 Å². The summed E-state index contributed by atoms with van der Waals surface area (Å²) in [4.78, 5) is 20.7. The van der Waals surface area contributed by atoms with Crippen molar-refractivity contribution in [1.29, 1.82) is 0 Å². The molecule has 1 aromatic heterocycles. The second kappa shape index (κ2) is 7.13. The van der Waals surface area contributed by atoms with E-state index >= 15 is 0 Å². The molecule has 29 heavy (non-hydrogen) atoms. The zero-order valence-electron chi connectivity index (χ0n) is 15.9. The zero-order valence-corrected chi connectivity index (χ0v) is 15.9. The van der Waals surface area contributed by atoms with Crippen LogP contribution in [0.1, 0.15) is 29.9 Å². The molecule has 0 unspecified atom stereocenters. The molecule has 1 aliphatic heterocycles. The number of carbonyl (C=O) groups is 1. The van der Waals surface area contributed by atoms with Gasteiger partial charge in [0.25, 0.3) is 6.01 Å². The Labute approximate surface area is 166 Å². The summed E-state index contributed by atoms with van der Waals surface area (Å²) in [5.74, 6) is -0.238. The quantitative estimate of drug-likeness (QED) is 0.671. The summed E-state index contributed by atoms with van der Waals surface area (Å²) in [6.45, 7) is 2.13. The standard InChI is InChI=1S/C22H21F2N3O2/c23-17-5-6-20-19(13-17)25-22(29-20)27-9-7-26(8-10-27)21(28)12-16-4-3-15(11-18(16)24)14-1-2-14/h3-6,11,13-14H,1-2,7-10,12H2. The van der Waals surface area contributed by atoms with Gasteiger partial charge in [-0.2, -0.15) is 4.98 Å². The number of carbonyl (C=O) groups excluding carboxylic acids is 1. The first-order valence-corrected chi connectivity index (χ1v) is 9.94. The van der Waals surface area contributed by atoms with Crippen molar-refractivity contribution >= 4 is 23.0 Å². The summed E-state index contributed by atoms with van der Waals surface area (Å²) in [6.07, 6.45) is 2.31. The lowest BCUT2D eigenvalue weighted by atomic mass is 10.0. The van der Waals surface area contributed by atoms with Gasteiger partial charge in [-0.3, -0.25) is 4.79 Å². The molecule has 3 aromatic rings. The van der Waals surface area contributed by atoms with Crippen LogP contribution in [0.5, 0.6) is 0 Å². The second-order valence-corrected chi connectivity index (χ2v) is 7.78. The van der Waals surface area contributed by atoms with Crippen molar-refractivity contribution in [2.45, 2.75) is 25.2 Å². The van der Waals surface area contributed by atoms with Gasteiger partial charge in [0, 0.05) is 32.2 Å². The van der Waals surface area contributed by atoms with Crippen molar-refractivity contribution in [3.63, 3.8) is 0 Å². The number of fused-ring (bicyclic) bond motifs is 1. The summed E-state index contributed by atoms with van der Waals surface area (Å²) < 4.78 is 33.4. The van der Waals surface area contributed by atoms with E-state index in [4.69, 9.17) is 4.42 Å². The van der Waals surface area contributed by atoms with Crippen LogP contribution in [0.4, 0.5) is 14.8 Å². The Hall–Kier alpha value is -2.96. The number of aromatic nitrogens is 1. The highest BCUT2D eigenvalue weighted by Crippen LogP contribution is 2.40. The average Bonchev–Trinajstić information content (AvgIpc) is 3.49. The number of amides is 1. The van der Waals surface area contributed by atoms with Gasteiger partial charge in [-0.15, -0.1) is 0 Å². The summed E-state index contributed by atoms with van der Waals surface area (Å²) in [7, 11) is 0. The van der Waals surface area contributed by atoms with Gasteiger partial charge in [0.1, 0.15) is 17.2 Å². The molecule has 0 bridgehead atoms. The van der Waals surface area contributed by atoms with Crippen LogP contribution in [0, 0.1) is 11.6 Å². The van der Waals surface area contributed by atoms with Crippen LogP contribution in [-0.4, -0.2) is 42.0 Å². The largest absolute Gasteiger partial charge is 0.423 e. The maximum Gasteiger partial charge on any atom is 0.298 e. The van der Waals surface area contributed by atoms with E-state index in [1.165, 1.54) is 12.1 Å². The number of halogens is 2. The first kappa shape index (κ1) is 18.1. The molecular weight excluding hydrogens is 376 g/mol. The SMILES string of the molecule is O=C(Cc1ccc(C2CC2)cc1F)N1CCN(c2nc3cc(F)ccc3o2)CC1. The molecule has 1 aliphatic carbocycles. The van der Waals surface area contributed by atoms with Gasteiger partial charge in [-0.05, 0) is 48.1 Å². The molecule has 5 nitrogen and oxygen atoms in total. The summed E-state index contributed by atoms with van der Waals surface area (Å²) in [6, 6.07) is 9.93. The van der Waals surface area contributed by atoms with Crippen LogP contribution < -0.4 is 4.90 Å². The van der Waals surface area contributed by atoms with E-state index in [0.29, 0.717) is 54.8 Å². The van der Waals surface area contributed by atoms with E-state index in [1.807, 2.05) is 11.0 Å². The zero-order chi connectivity index (χ0) is 20.0. The minimum atomic E-state index is -0.356. The molecule has 0 N–H and O–H groups in total. The maximum absolute atomic E-state index is 14.4. The molecule has 1 amide bonds. The molecule has 5 rings (SSSR count). The van der Waals surface area contributed by atoms with Crippen molar-refractivity contribution in [2.75, 3.05) is 31.1 Å². The molecule has 2 aliphatic rings. The second-order valence-electron chi connectivity index (χ2n) is 7.78. The van der Waals surface area contributed by atoms with Crippen LogP contribution in [0.2, 0.25) is 0 Å². The number of hydrogen-bond acceptors (Lipinski definition) is 4. The third kappa shape index (κ3) is 3.69. The molecule has 150 valence electrons. The van der Waals surface area contributed by atoms with E-state index < -0.39 is 0 Å². The van der Waals surface area contributed by atoms with Crippen molar-refractivity contribution < 1.29 is 18.0 Å². The van der Waals surface area contributed by atoms with Crippen LogP contribution in [0.3, 0.4) is 0 Å². The minimum absolute atomic E-state index is 0.0684. The lowest BCUT2D eigenvalue weighted by Crippen LogP contribution is -2.49. The van der Waals surface area contributed by atoms with Gasteiger partial charge in [0.15, 0.2) is 5.58 Å². The number of oxazole rings is 1. The third-order valence-electron chi connectivity index (χ3n) is 5.71. The Morgan fingerprint density at radius 2 is 1.86 bits per heavy atom. The van der Waals surface area contributed by atoms with Crippen molar-refractivity contribution in [3.05, 3.63) is 59.2 Å². The first-order chi connectivity index (χ1) is 14.1. The molecular formula is C22H21F2N3O2. The van der Waals surface area contributed by atoms with Gasteiger partial charge in [-0.25, -0.2) is 8.78 Å².